The molecule has 2 aliphatic rings. The van der Waals surface area contributed by atoms with Crippen LogP contribution in [0.15, 0.2) is 24.3 Å². The Morgan fingerprint density at radius 2 is 1.52 bits per heavy atom. The van der Waals surface area contributed by atoms with Gasteiger partial charge in [-0.15, -0.1) is 0 Å². The van der Waals surface area contributed by atoms with Crippen molar-refractivity contribution in [3.63, 3.8) is 0 Å². The number of carbonyl (C=O) groups excluding carboxylic acids is 2. The van der Waals surface area contributed by atoms with Crippen LogP contribution in [0.25, 0.3) is 0 Å². The number of carboxylic acid groups (broad SMARTS) is 1. The molecule has 0 bridgehead atoms. The van der Waals surface area contributed by atoms with Gasteiger partial charge in [-0.2, -0.15) is 0 Å². The second kappa shape index (κ2) is 7.68. The van der Waals surface area contributed by atoms with Crippen LogP contribution in [0.5, 0.6) is 0 Å². The van der Waals surface area contributed by atoms with Gasteiger partial charge >= 0.3 is 5.97 Å². The van der Waals surface area contributed by atoms with Crippen molar-refractivity contribution < 1.29 is 19.5 Å². The average Bonchev–Trinajstić information content (AvgIpc) is 3.16. The van der Waals surface area contributed by atoms with Crippen LogP contribution in [-0.2, 0) is 9.59 Å². The molecular formula is C19H24N2O4. The van der Waals surface area contributed by atoms with Crippen LogP contribution < -0.4 is 5.32 Å². The van der Waals surface area contributed by atoms with Gasteiger partial charge in [0.1, 0.15) is 0 Å². The van der Waals surface area contributed by atoms with Crippen molar-refractivity contribution in [1.29, 1.82) is 0 Å². The smallest absolute Gasteiger partial charge is 0.307 e. The number of anilines is 1. The zero-order chi connectivity index (χ0) is 17.8. The molecule has 25 heavy (non-hydrogen) atoms. The standard InChI is InChI=1S/C19H24N2O4/c22-17(15-5-1-2-6-16(15)19(24)25)20-14-9-7-13(8-10-14)18(23)21-11-3-4-12-21/h7-10,15-16H,1-6,11-12H2,(H,20,22)(H,24,25). The molecule has 0 aromatic heterocycles. The number of benzene rings is 1. The van der Waals surface area contributed by atoms with E-state index in [1.807, 2.05) is 4.90 Å². The number of likely N-dealkylation sites (tertiary alicyclic amines) is 1. The van der Waals surface area contributed by atoms with Gasteiger partial charge in [0.2, 0.25) is 5.91 Å². The third kappa shape index (κ3) is 4.00. The van der Waals surface area contributed by atoms with Crippen LogP contribution in [0.2, 0.25) is 0 Å². The van der Waals surface area contributed by atoms with E-state index in [0.717, 1.165) is 38.8 Å². The Morgan fingerprint density at radius 1 is 0.920 bits per heavy atom. The zero-order valence-corrected chi connectivity index (χ0v) is 14.2. The van der Waals surface area contributed by atoms with Crippen molar-refractivity contribution in [2.45, 2.75) is 38.5 Å². The lowest BCUT2D eigenvalue weighted by atomic mass is 9.78. The van der Waals surface area contributed by atoms with E-state index in [-0.39, 0.29) is 11.8 Å². The van der Waals surface area contributed by atoms with Gasteiger partial charge in [0, 0.05) is 24.3 Å². The summed E-state index contributed by atoms with van der Waals surface area (Å²) in [6.45, 7) is 1.60. The van der Waals surface area contributed by atoms with Gasteiger partial charge in [-0.25, -0.2) is 0 Å². The van der Waals surface area contributed by atoms with Crippen molar-refractivity contribution in [2.24, 2.45) is 11.8 Å². The third-order valence-electron chi connectivity index (χ3n) is 5.21. The molecule has 0 radical (unpaired) electrons. The van der Waals surface area contributed by atoms with E-state index in [1.54, 1.807) is 24.3 Å². The number of rotatable bonds is 4. The number of aliphatic carboxylic acids is 1. The fraction of sp³-hybridized carbons (Fsp3) is 0.526. The molecule has 1 heterocycles. The lowest BCUT2D eigenvalue weighted by Gasteiger charge is -2.27. The van der Waals surface area contributed by atoms with Gasteiger partial charge in [-0.3, -0.25) is 14.4 Å². The van der Waals surface area contributed by atoms with E-state index in [0.29, 0.717) is 24.1 Å². The van der Waals surface area contributed by atoms with E-state index in [1.165, 1.54) is 0 Å². The monoisotopic (exact) mass is 344 g/mol. The largest absolute Gasteiger partial charge is 0.481 e. The molecule has 1 aliphatic carbocycles. The molecule has 2 fully saturated rings. The second-order valence-electron chi connectivity index (χ2n) is 6.90. The average molecular weight is 344 g/mol. The maximum atomic E-state index is 12.5. The molecule has 3 rings (SSSR count). The van der Waals surface area contributed by atoms with Crippen LogP contribution in [0.4, 0.5) is 5.69 Å². The van der Waals surface area contributed by atoms with Crippen molar-refractivity contribution >= 4 is 23.5 Å². The van der Waals surface area contributed by atoms with Gasteiger partial charge in [0.25, 0.3) is 5.91 Å². The Kier molecular flexibility index (Phi) is 5.36. The lowest BCUT2D eigenvalue weighted by molar-refractivity contribution is -0.147. The highest BCUT2D eigenvalue weighted by Crippen LogP contribution is 2.31. The zero-order valence-electron chi connectivity index (χ0n) is 14.2. The summed E-state index contributed by atoms with van der Waals surface area (Å²) in [7, 11) is 0. The fourth-order valence-corrected chi connectivity index (χ4v) is 3.77. The summed E-state index contributed by atoms with van der Waals surface area (Å²) in [5.41, 5.74) is 1.21. The highest BCUT2D eigenvalue weighted by atomic mass is 16.4. The van der Waals surface area contributed by atoms with Crippen molar-refractivity contribution in [2.75, 3.05) is 18.4 Å². The highest BCUT2D eigenvalue weighted by Gasteiger charge is 2.35. The molecule has 134 valence electrons. The summed E-state index contributed by atoms with van der Waals surface area (Å²) >= 11 is 0. The first kappa shape index (κ1) is 17.5. The Labute approximate surface area is 147 Å². The van der Waals surface area contributed by atoms with Crippen molar-refractivity contribution in [3.8, 4) is 0 Å². The topological polar surface area (TPSA) is 86.7 Å². The van der Waals surface area contributed by atoms with Crippen molar-refractivity contribution in [1.82, 2.24) is 4.90 Å². The van der Waals surface area contributed by atoms with Gasteiger partial charge in [-0.05, 0) is 49.9 Å². The summed E-state index contributed by atoms with van der Waals surface area (Å²) in [6, 6.07) is 6.84. The van der Waals surface area contributed by atoms with Crippen LogP contribution in [0.1, 0.15) is 48.9 Å². The number of amides is 2. The molecule has 2 unspecified atom stereocenters. The van der Waals surface area contributed by atoms with Crippen LogP contribution in [-0.4, -0.2) is 40.9 Å². The van der Waals surface area contributed by atoms with E-state index in [9.17, 15) is 19.5 Å². The Balaban J connectivity index is 1.63. The van der Waals surface area contributed by atoms with E-state index in [2.05, 4.69) is 5.32 Å². The van der Waals surface area contributed by atoms with Gasteiger partial charge in [-0.1, -0.05) is 12.8 Å². The van der Waals surface area contributed by atoms with E-state index in [4.69, 9.17) is 0 Å². The molecule has 1 aromatic rings. The highest BCUT2D eigenvalue weighted by molar-refractivity contribution is 5.97. The number of nitrogens with zero attached hydrogens (tertiary/aromatic N) is 1. The molecular weight excluding hydrogens is 320 g/mol. The van der Waals surface area contributed by atoms with Gasteiger partial charge in [0.05, 0.1) is 11.8 Å². The molecule has 6 heteroatoms. The normalized spacial score (nSPS) is 23.3. The molecule has 1 saturated carbocycles. The molecule has 6 nitrogen and oxygen atoms in total. The van der Waals surface area contributed by atoms with Crippen LogP contribution >= 0.6 is 0 Å². The van der Waals surface area contributed by atoms with Crippen molar-refractivity contribution in [3.05, 3.63) is 29.8 Å². The van der Waals surface area contributed by atoms with E-state index >= 15 is 0 Å². The quantitative estimate of drug-likeness (QED) is 0.879. The maximum Gasteiger partial charge on any atom is 0.307 e. The molecule has 2 amide bonds. The van der Waals surface area contributed by atoms with Crippen LogP contribution in [0.3, 0.4) is 0 Å². The predicted molar refractivity (Wildman–Crippen MR) is 93.3 cm³/mol. The first-order valence-corrected chi connectivity index (χ1v) is 8.99. The first-order valence-electron chi connectivity index (χ1n) is 8.99. The number of hydrogen-bond donors (Lipinski definition) is 2. The van der Waals surface area contributed by atoms with Crippen LogP contribution in [0, 0.1) is 11.8 Å². The summed E-state index contributed by atoms with van der Waals surface area (Å²) in [5.74, 6) is -2.22. The summed E-state index contributed by atoms with van der Waals surface area (Å²) < 4.78 is 0. The van der Waals surface area contributed by atoms with E-state index < -0.39 is 17.8 Å². The Hall–Kier alpha value is -2.37. The minimum Gasteiger partial charge on any atom is -0.481 e. The minimum atomic E-state index is -0.897. The molecule has 0 spiro atoms. The summed E-state index contributed by atoms with van der Waals surface area (Å²) in [4.78, 5) is 38.0. The Morgan fingerprint density at radius 3 is 2.12 bits per heavy atom. The number of nitrogens with one attached hydrogen (secondary N) is 1. The molecule has 1 aromatic carbocycles. The SMILES string of the molecule is O=C(O)C1CCCCC1C(=O)Nc1ccc(C(=O)N2CCCC2)cc1. The number of hydrogen-bond acceptors (Lipinski definition) is 3. The molecule has 2 atom stereocenters. The summed E-state index contributed by atoms with van der Waals surface area (Å²) in [5, 5.41) is 12.1. The summed E-state index contributed by atoms with van der Waals surface area (Å²) in [6.07, 6.45) is 4.99. The lowest BCUT2D eigenvalue weighted by Crippen LogP contribution is -2.36. The maximum absolute atomic E-state index is 12.5. The second-order valence-corrected chi connectivity index (χ2v) is 6.90. The predicted octanol–water partition coefficient (Wildman–Crippen LogP) is 2.75. The van der Waals surface area contributed by atoms with Gasteiger partial charge in [0.15, 0.2) is 0 Å². The first-order chi connectivity index (χ1) is 12.1. The Bertz CT molecular complexity index is 650. The van der Waals surface area contributed by atoms with Gasteiger partial charge < -0.3 is 15.3 Å². The third-order valence-corrected chi connectivity index (χ3v) is 5.21. The molecule has 2 N–H and O–H groups in total. The molecule has 1 aliphatic heterocycles. The number of carbonyl (C=O) groups is 3. The number of carboxylic acids is 1. The fourth-order valence-electron chi connectivity index (χ4n) is 3.77. The molecule has 1 saturated heterocycles. The minimum absolute atomic E-state index is 0.0219.